The van der Waals surface area contributed by atoms with Gasteiger partial charge in [-0.2, -0.15) is 0 Å². The zero-order valence-corrected chi connectivity index (χ0v) is 18.2. The highest BCUT2D eigenvalue weighted by Gasteiger charge is 2.05. The minimum Gasteiger partial charge on any atom is -0.497 e. The third-order valence-corrected chi connectivity index (χ3v) is 3.80. The van der Waals surface area contributed by atoms with E-state index < -0.39 is 0 Å². The van der Waals surface area contributed by atoms with Crippen LogP contribution in [0, 0.1) is 0 Å². The molecule has 0 spiro atoms. The molecular formula is C20H27IN4O2. The number of nitrogens with zero attached hydrogens (tertiary/aromatic N) is 1. The molecule has 0 bridgehead atoms. The smallest absolute Gasteiger partial charge is 0.251 e. The number of hydrogen-bond donors (Lipinski definition) is 3. The normalized spacial score (nSPS) is 10.6. The largest absolute Gasteiger partial charge is 0.497 e. The lowest BCUT2D eigenvalue weighted by Crippen LogP contribution is -2.36. The van der Waals surface area contributed by atoms with Crippen molar-refractivity contribution < 1.29 is 9.53 Å². The standard InChI is InChI=1S/C20H26N4O2.HI/c1-4-22-19(25)17-9-5-7-15(11-17)13-23-20(21-2)24-14-16-8-6-10-18(12-16)26-3;/h5-12H,4,13-14H2,1-3H3,(H,22,25)(H2,21,23,24);1H. The molecule has 0 unspecified atom stereocenters. The van der Waals surface area contributed by atoms with Crippen molar-refractivity contribution in [3.63, 3.8) is 0 Å². The number of guanidine groups is 1. The Bertz CT molecular complexity index is 765. The van der Waals surface area contributed by atoms with Gasteiger partial charge in [0.15, 0.2) is 5.96 Å². The first-order valence-electron chi connectivity index (χ1n) is 8.60. The number of rotatable bonds is 7. The Hall–Kier alpha value is -2.29. The first-order valence-corrected chi connectivity index (χ1v) is 8.60. The number of carbonyl (C=O) groups is 1. The maximum Gasteiger partial charge on any atom is 0.251 e. The molecule has 0 saturated heterocycles. The summed E-state index contributed by atoms with van der Waals surface area (Å²) in [6, 6.07) is 15.4. The highest BCUT2D eigenvalue weighted by atomic mass is 127. The number of halogens is 1. The Morgan fingerprint density at radius 1 is 1.00 bits per heavy atom. The summed E-state index contributed by atoms with van der Waals surface area (Å²) < 4.78 is 5.23. The van der Waals surface area contributed by atoms with Gasteiger partial charge in [0.25, 0.3) is 5.91 Å². The van der Waals surface area contributed by atoms with Crippen LogP contribution in [0.25, 0.3) is 0 Å². The van der Waals surface area contributed by atoms with Crippen molar-refractivity contribution >= 4 is 35.8 Å². The lowest BCUT2D eigenvalue weighted by Gasteiger charge is -2.13. The third kappa shape index (κ3) is 7.46. The van der Waals surface area contributed by atoms with Crippen molar-refractivity contribution in [3.8, 4) is 5.75 Å². The summed E-state index contributed by atoms with van der Waals surface area (Å²) >= 11 is 0. The summed E-state index contributed by atoms with van der Waals surface area (Å²) in [5, 5.41) is 9.33. The number of methoxy groups -OCH3 is 1. The molecule has 0 aliphatic carbocycles. The van der Waals surface area contributed by atoms with Crippen LogP contribution in [0.1, 0.15) is 28.4 Å². The van der Waals surface area contributed by atoms with E-state index in [0.717, 1.165) is 16.9 Å². The predicted octanol–water partition coefficient (Wildman–Crippen LogP) is 2.93. The Morgan fingerprint density at radius 2 is 1.63 bits per heavy atom. The molecule has 0 fully saturated rings. The lowest BCUT2D eigenvalue weighted by molar-refractivity contribution is 0.0955. The zero-order valence-electron chi connectivity index (χ0n) is 15.9. The summed E-state index contributed by atoms with van der Waals surface area (Å²) in [5.74, 6) is 1.46. The SMILES string of the molecule is CCNC(=O)c1cccc(CNC(=NC)NCc2cccc(OC)c2)c1.I. The van der Waals surface area contributed by atoms with Crippen molar-refractivity contribution in [1.82, 2.24) is 16.0 Å². The van der Waals surface area contributed by atoms with Gasteiger partial charge in [-0.3, -0.25) is 9.79 Å². The van der Waals surface area contributed by atoms with Crippen molar-refractivity contribution in [2.45, 2.75) is 20.0 Å². The first kappa shape index (κ1) is 22.8. The maximum atomic E-state index is 11.9. The van der Waals surface area contributed by atoms with Crippen LogP contribution in [-0.4, -0.2) is 32.6 Å². The van der Waals surface area contributed by atoms with Crippen molar-refractivity contribution in [3.05, 3.63) is 65.2 Å². The molecule has 27 heavy (non-hydrogen) atoms. The second-order valence-electron chi connectivity index (χ2n) is 5.69. The average Bonchev–Trinajstić information content (AvgIpc) is 2.68. The maximum absolute atomic E-state index is 11.9. The van der Waals surface area contributed by atoms with Gasteiger partial charge in [0, 0.05) is 32.2 Å². The van der Waals surface area contributed by atoms with E-state index in [1.807, 2.05) is 55.5 Å². The number of ether oxygens (including phenoxy) is 1. The lowest BCUT2D eigenvalue weighted by atomic mass is 10.1. The van der Waals surface area contributed by atoms with Crippen LogP contribution in [0.2, 0.25) is 0 Å². The van der Waals surface area contributed by atoms with E-state index in [0.29, 0.717) is 31.2 Å². The number of benzene rings is 2. The summed E-state index contributed by atoms with van der Waals surface area (Å²) in [4.78, 5) is 16.2. The van der Waals surface area contributed by atoms with E-state index in [4.69, 9.17) is 4.74 Å². The van der Waals surface area contributed by atoms with Crippen molar-refractivity contribution in [1.29, 1.82) is 0 Å². The summed E-state index contributed by atoms with van der Waals surface area (Å²) in [7, 11) is 3.38. The van der Waals surface area contributed by atoms with Crippen LogP contribution in [-0.2, 0) is 13.1 Å². The number of hydrogen-bond acceptors (Lipinski definition) is 3. The fourth-order valence-electron chi connectivity index (χ4n) is 2.46. The van der Waals surface area contributed by atoms with E-state index in [-0.39, 0.29) is 29.9 Å². The molecular weight excluding hydrogens is 455 g/mol. The van der Waals surface area contributed by atoms with Crippen LogP contribution in [0.15, 0.2) is 53.5 Å². The Morgan fingerprint density at radius 3 is 2.22 bits per heavy atom. The average molecular weight is 482 g/mol. The molecule has 3 N–H and O–H groups in total. The third-order valence-electron chi connectivity index (χ3n) is 3.80. The summed E-state index contributed by atoms with van der Waals surface area (Å²) in [6.45, 7) is 3.73. The molecule has 0 saturated carbocycles. The molecule has 146 valence electrons. The van der Waals surface area contributed by atoms with Gasteiger partial charge in [0.1, 0.15) is 5.75 Å². The summed E-state index contributed by atoms with van der Waals surface area (Å²) in [6.07, 6.45) is 0. The molecule has 0 radical (unpaired) electrons. The van der Waals surface area contributed by atoms with Gasteiger partial charge in [-0.05, 0) is 42.3 Å². The minimum atomic E-state index is -0.0603. The van der Waals surface area contributed by atoms with Crippen LogP contribution < -0.4 is 20.7 Å². The van der Waals surface area contributed by atoms with Gasteiger partial charge >= 0.3 is 0 Å². The summed E-state index contributed by atoms with van der Waals surface area (Å²) in [5.41, 5.74) is 2.77. The van der Waals surface area contributed by atoms with E-state index in [1.165, 1.54) is 0 Å². The fraction of sp³-hybridized carbons (Fsp3) is 0.300. The zero-order chi connectivity index (χ0) is 18.8. The Kier molecular flexibility index (Phi) is 10.2. The molecule has 0 heterocycles. The molecule has 2 aromatic rings. The molecule has 2 rings (SSSR count). The van der Waals surface area contributed by atoms with E-state index in [9.17, 15) is 4.79 Å². The van der Waals surface area contributed by atoms with Crippen LogP contribution >= 0.6 is 24.0 Å². The van der Waals surface area contributed by atoms with E-state index in [1.54, 1.807) is 14.2 Å². The van der Waals surface area contributed by atoms with Gasteiger partial charge in [0.05, 0.1) is 7.11 Å². The van der Waals surface area contributed by atoms with Crippen LogP contribution in [0.5, 0.6) is 5.75 Å². The van der Waals surface area contributed by atoms with Gasteiger partial charge in [-0.25, -0.2) is 0 Å². The molecule has 2 aromatic carbocycles. The molecule has 1 amide bonds. The highest BCUT2D eigenvalue weighted by Crippen LogP contribution is 2.12. The molecule has 0 atom stereocenters. The Labute approximate surface area is 177 Å². The van der Waals surface area contributed by atoms with Crippen molar-refractivity contribution in [2.24, 2.45) is 4.99 Å². The number of nitrogens with one attached hydrogen (secondary N) is 3. The molecule has 7 heteroatoms. The number of amides is 1. The van der Waals surface area contributed by atoms with Gasteiger partial charge in [0.2, 0.25) is 0 Å². The number of aliphatic imine (C=N–C) groups is 1. The van der Waals surface area contributed by atoms with Gasteiger partial charge in [-0.1, -0.05) is 24.3 Å². The van der Waals surface area contributed by atoms with Gasteiger partial charge < -0.3 is 20.7 Å². The second-order valence-corrected chi connectivity index (χ2v) is 5.69. The van der Waals surface area contributed by atoms with E-state index >= 15 is 0 Å². The highest BCUT2D eigenvalue weighted by molar-refractivity contribution is 14.0. The molecule has 6 nitrogen and oxygen atoms in total. The quantitative estimate of drug-likeness (QED) is 0.323. The predicted molar refractivity (Wildman–Crippen MR) is 120 cm³/mol. The molecule has 0 aliphatic rings. The minimum absolute atomic E-state index is 0. The monoisotopic (exact) mass is 482 g/mol. The Balaban J connectivity index is 0.00000364. The van der Waals surface area contributed by atoms with Crippen molar-refractivity contribution in [2.75, 3.05) is 20.7 Å². The fourth-order valence-corrected chi connectivity index (χ4v) is 2.46. The van der Waals surface area contributed by atoms with Crippen LogP contribution in [0.4, 0.5) is 0 Å². The molecule has 0 aliphatic heterocycles. The molecule has 0 aromatic heterocycles. The second kappa shape index (κ2) is 12.2. The topological polar surface area (TPSA) is 74.8 Å². The number of carbonyl (C=O) groups excluding carboxylic acids is 1. The first-order chi connectivity index (χ1) is 12.7. The van der Waals surface area contributed by atoms with E-state index in [2.05, 4.69) is 20.9 Å². The van der Waals surface area contributed by atoms with Gasteiger partial charge in [-0.15, -0.1) is 24.0 Å². The van der Waals surface area contributed by atoms with Crippen LogP contribution in [0.3, 0.4) is 0 Å².